The SMILES string of the molecule is COc1ccc(C2=NOC(C)(C(=O)N3CCCCC3)C2)cc1OC1CCCC1. The van der Waals surface area contributed by atoms with E-state index in [1.54, 1.807) is 7.11 Å². The van der Waals surface area contributed by atoms with Gasteiger partial charge in [0.05, 0.1) is 18.9 Å². The van der Waals surface area contributed by atoms with Gasteiger partial charge in [0.25, 0.3) is 5.91 Å². The number of methoxy groups -OCH3 is 1. The molecule has 1 atom stereocenters. The van der Waals surface area contributed by atoms with Gasteiger partial charge in [0, 0.05) is 25.1 Å². The van der Waals surface area contributed by atoms with Crippen LogP contribution in [0.15, 0.2) is 23.4 Å². The molecular formula is C22H30N2O4. The second-order valence-corrected chi connectivity index (χ2v) is 8.28. The molecule has 0 aromatic heterocycles. The quantitative estimate of drug-likeness (QED) is 0.770. The average Bonchev–Trinajstić information content (AvgIpc) is 3.38. The molecule has 0 bridgehead atoms. The van der Waals surface area contributed by atoms with E-state index in [2.05, 4.69) is 5.16 Å². The smallest absolute Gasteiger partial charge is 0.269 e. The van der Waals surface area contributed by atoms with Crippen LogP contribution in [0.2, 0.25) is 0 Å². The van der Waals surface area contributed by atoms with E-state index in [0.717, 1.165) is 61.5 Å². The van der Waals surface area contributed by atoms with E-state index in [1.807, 2.05) is 30.0 Å². The molecule has 1 saturated carbocycles. The maximum atomic E-state index is 13.0. The fourth-order valence-electron chi connectivity index (χ4n) is 4.37. The Morgan fingerprint density at radius 1 is 1.14 bits per heavy atom. The number of rotatable bonds is 5. The second-order valence-electron chi connectivity index (χ2n) is 8.28. The van der Waals surface area contributed by atoms with Crippen molar-refractivity contribution in [2.75, 3.05) is 20.2 Å². The molecule has 1 aromatic rings. The number of benzene rings is 1. The summed E-state index contributed by atoms with van der Waals surface area (Å²) in [6.07, 6.45) is 8.63. The zero-order valence-electron chi connectivity index (χ0n) is 16.9. The highest BCUT2D eigenvalue weighted by Gasteiger charge is 2.45. The molecule has 2 heterocycles. The molecule has 0 radical (unpaired) electrons. The third-order valence-corrected chi connectivity index (χ3v) is 6.05. The summed E-state index contributed by atoms with van der Waals surface area (Å²) in [6, 6.07) is 5.83. The van der Waals surface area contributed by atoms with Gasteiger partial charge in [0.2, 0.25) is 5.60 Å². The summed E-state index contributed by atoms with van der Waals surface area (Å²) in [7, 11) is 1.65. The van der Waals surface area contributed by atoms with Crippen LogP contribution in [0.5, 0.6) is 11.5 Å². The fourth-order valence-corrected chi connectivity index (χ4v) is 4.37. The van der Waals surface area contributed by atoms with Crippen molar-refractivity contribution in [1.29, 1.82) is 0 Å². The molecule has 4 rings (SSSR count). The Kier molecular flexibility index (Phi) is 5.47. The summed E-state index contributed by atoms with van der Waals surface area (Å²) in [5.74, 6) is 1.51. The molecular weight excluding hydrogens is 356 g/mol. The monoisotopic (exact) mass is 386 g/mol. The molecule has 6 heteroatoms. The molecule has 1 saturated heterocycles. The van der Waals surface area contributed by atoms with Gasteiger partial charge in [0.15, 0.2) is 11.5 Å². The normalized spacial score (nSPS) is 25.4. The molecule has 6 nitrogen and oxygen atoms in total. The standard InChI is InChI=1S/C22H30N2O4/c1-22(21(25)24-12-6-3-7-13-24)15-18(23-28-22)16-10-11-19(26-2)20(14-16)27-17-8-4-5-9-17/h10-11,14,17H,3-9,12-13,15H2,1-2H3. The maximum absolute atomic E-state index is 13.0. The van der Waals surface area contributed by atoms with E-state index in [0.29, 0.717) is 6.42 Å². The third kappa shape index (κ3) is 3.82. The number of likely N-dealkylation sites (tertiary alicyclic amines) is 1. The van der Waals surface area contributed by atoms with E-state index in [1.165, 1.54) is 19.3 Å². The molecule has 1 aromatic carbocycles. The van der Waals surface area contributed by atoms with Crippen LogP contribution < -0.4 is 9.47 Å². The van der Waals surface area contributed by atoms with Gasteiger partial charge < -0.3 is 19.2 Å². The largest absolute Gasteiger partial charge is 0.493 e. The lowest BCUT2D eigenvalue weighted by atomic mass is 9.93. The van der Waals surface area contributed by atoms with Gasteiger partial charge in [-0.05, 0) is 70.1 Å². The first kappa shape index (κ1) is 19.1. The highest BCUT2D eigenvalue weighted by atomic mass is 16.7. The lowest BCUT2D eigenvalue weighted by Gasteiger charge is -2.32. The van der Waals surface area contributed by atoms with Crippen molar-refractivity contribution in [3.8, 4) is 11.5 Å². The lowest BCUT2D eigenvalue weighted by molar-refractivity contribution is -0.154. The Bertz CT molecular complexity index is 751. The molecule has 0 spiro atoms. The highest BCUT2D eigenvalue weighted by Crippen LogP contribution is 2.35. The first-order valence-corrected chi connectivity index (χ1v) is 10.5. The predicted octanol–water partition coefficient (Wildman–Crippen LogP) is 3.91. The van der Waals surface area contributed by atoms with Gasteiger partial charge in [-0.25, -0.2) is 0 Å². The molecule has 1 aliphatic carbocycles. The van der Waals surface area contributed by atoms with Gasteiger partial charge in [-0.3, -0.25) is 4.79 Å². The zero-order valence-corrected chi connectivity index (χ0v) is 16.9. The van der Waals surface area contributed by atoms with Crippen molar-refractivity contribution >= 4 is 11.6 Å². The van der Waals surface area contributed by atoms with Crippen LogP contribution in [-0.4, -0.2) is 48.4 Å². The number of amides is 1. The van der Waals surface area contributed by atoms with Crippen LogP contribution in [0, 0.1) is 0 Å². The topological polar surface area (TPSA) is 60.4 Å². The summed E-state index contributed by atoms with van der Waals surface area (Å²) in [4.78, 5) is 20.6. The summed E-state index contributed by atoms with van der Waals surface area (Å²) in [5, 5.41) is 4.28. The third-order valence-electron chi connectivity index (χ3n) is 6.05. The van der Waals surface area contributed by atoms with Crippen LogP contribution in [-0.2, 0) is 9.63 Å². The van der Waals surface area contributed by atoms with Crippen molar-refractivity contribution in [3.05, 3.63) is 23.8 Å². The van der Waals surface area contributed by atoms with Crippen molar-refractivity contribution < 1.29 is 19.1 Å². The summed E-state index contributed by atoms with van der Waals surface area (Å²) < 4.78 is 11.7. The predicted molar refractivity (Wildman–Crippen MR) is 107 cm³/mol. The van der Waals surface area contributed by atoms with Gasteiger partial charge in [-0.15, -0.1) is 0 Å². The van der Waals surface area contributed by atoms with Crippen molar-refractivity contribution in [3.63, 3.8) is 0 Å². The Morgan fingerprint density at radius 2 is 1.89 bits per heavy atom. The van der Waals surface area contributed by atoms with Gasteiger partial charge in [0.1, 0.15) is 0 Å². The van der Waals surface area contributed by atoms with Gasteiger partial charge >= 0.3 is 0 Å². The van der Waals surface area contributed by atoms with Gasteiger partial charge in [-0.2, -0.15) is 0 Å². The van der Waals surface area contributed by atoms with Crippen LogP contribution in [0.3, 0.4) is 0 Å². The molecule has 2 aliphatic heterocycles. The Morgan fingerprint density at radius 3 is 2.61 bits per heavy atom. The Labute approximate surface area is 166 Å². The molecule has 28 heavy (non-hydrogen) atoms. The maximum Gasteiger partial charge on any atom is 0.269 e. The lowest BCUT2D eigenvalue weighted by Crippen LogP contribution is -2.49. The summed E-state index contributed by atoms with van der Waals surface area (Å²) in [6.45, 7) is 3.48. The number of nitrogens with zero attached hydrogens (tertiary/aromatic N) is 2. The Balaban J connectivity index is 1.49. The fraction of sp³-hybridized carbons (Fsp3) is 0.636. The average molecular weight is 386 g/mol. The first-order chi connectivity index (χ1) is 13.6. The van der Waals surface area contributed by atoms with Crippen LogP contribution in [0.4, 0.5) is 0 Å². The van der Waals surface area contributed by atoms with Gasteiger partial charge in [-0.1, -0.05) is 5.16 Å². The summed E-state index contributed by atoms with van der Waals surface area (Å²) >= 11 is 0. The number of carbonyl (C=O) groups is 1. The van der Waals surface area contributed by atoms with Crippen molar-refractivity contribution in [2.45, 2.75) is 70.0 Å². The number of oxime groups is 1. The van der Waals surface area contributed by atoms with Crippen molar-refractivity contribution in [2.24, 2.45) is 5.16 Å². The molecule has 1 amide bonds. The summed E-state index contributed by atoms with van der Waals surface area (Å²) in [5.41, 5.74) is 0.787. The van der Waals surface area contributed by atoms with E-state index in [4.69, 9.17) is 14.3 Å². The number of ether oxygens (including phenoxy) is 2. The molecule has 2 fully saturated rings. The number of hydrogen-bond donors (Lipinski definition) is 0. The van der Waals surface area contributed by atoms with E-state index >= 15 is 0 Å². The minimum atomic E-state index is -0.918. The molecule has 152 valence electrons. The number of piperidine rings is 1. The molecule has 3 aliphatic rings. The highest BCUT2D eigenvalue weighted by molar-refractivity contribution is 6.05. The van der Waals surface area contributed by atoms with Crippen molar-refractivity contribution in [1.82, 2.24) is 4.90 Å². The van der Waals surface area contributed by atoms with Crippen LogP contribution in [0.1, 0.15) is 63.9 Å². The molecule has 0 N–H and O–H groups in total. The van der Waals surface area contributed by atoms with E-state index in [9.17, 15) is 4.79 Å². The Hall–Kier alpha value is -2.24. The van der Waals surface area contributed by atoms with E-state index < -0.39 is 5.60 Å². The molecule has 1 unspecified atom stereocenters. The zero-order chi connectivity index (χ0) is 19.6. The number of hydrogen-bond acceptors (Lipinski definition) is 5. The number of carbonyl (C=O) groups excluding carboxylic acids is 1. The minimum Gasteiger partial charge on any atom is -0.493 e. The minimum absolute atomic E-state index is 0.0434. The van der Waals surface area contributed by atoms with Crippen LogP contribution >= 0.6 is 0 Å². The van der Waals surface area contributed by atoms with E-state index in [-0.39, 0.29) is 12.0 Å². The second kappa shape index (κ2) is 8.02. The van der Waals surface area contributed by atoms with Crippen LogP contribution in [0.25, 0.3) is 0 Å². The first-order valence-electron chi connectivity index (χ1n) is 10.5.